The van der Waals surface area contributed by atoms with Crippen molar-refractivity contribution < 1.29 is 4.79 Å². The normalized spacial score (nSPS) is 25.1. The zero-order chi connectivity index (χ0) is 12.6. The molecule has 1 unspecified atom stereocenters. The SMILES string of the molecule is C[C@@H]1NC(CC(C)(C)C)c2sccc2NC1=O. The molecule has 17 heavy (non-hydrogen) atoms. The lowest BCUT2D eigenvalue weighted by molar-refractivity contribution is -0.117. The van der Waals surface area contributed by atoms with Crippen LogP contribution in [0.3, 0.4) is 0 Å². The average Bonchev–Trinajstić information content (AvgIpc) is 2.58. The number of carbonyl (C=O) groups is 1. The molecule has 94 valence electrons. The number of fused-ring (bicyclic) bond motifs is 1. The van der Waals surface area contributed by atoms with Crippen LogP contribution in [0.4, 0.5) is 5.69 Å². The van der Waals surface area contributed by atoms with Gasteiger partial charge >= 0.3 is 0 Å². The fourth-order valence-electron chi connectivity index (χ4n) is 2.15. The van der Waals surface area contributed by atoms with E-state index in [1.807, 2.05) is 18.4 Å². The number of hydrogen-bond acceptors (Lipinski definition) is 3. The summed E-state index contributed by atoms with van der Waals surface area (Å²) in [4.78, 5) is 13.1. The van der Waals surface area contributed by atoms with E-state index < -0.39 is 0 Å². The van der Waals surface area contributed by atoms with Crippen molar-refractivity contribution in [3.8, 4) is 0 Å². The number of carbonyl (C=O) groups excluding carboxylic acids is 1. The quantitative estimate of drug-likeness (QED) is 0.806. The van der Waals surface area contributed by atoms with E-state index in [1.54, 1.807) is 11.3 Å². The van der Waals surface area contributed by atoms with Crippen LogP contribution in [0.15, 0.2) is 11.4 Å². The van der Waals surface area contributed by atoms with E-state index in [4.69, 9.17) is 0 Å². The molecule has 0 saturated carbocycles. The minimum absolute atomic E-state index is 0.0565. The average molecular weight is 252 g/mol. The zero-order valence-electron chi connectivity index (χ0n) is 10.8. The molecule has 1 aliphatic rings. The Morgan fingerprint density at radius 3 is 2.76 bits per heavy atom. The second-order valence-electron chi connectivity index (χ2n) is 5.89. The van der Waals surface area contributed by atoms with Gasteiger partial charge in [-0.1, -0.05) is 20.8 Å². The molecule has 2 heterocycles. The molecule has 0 aromatic carbocycles. The van der Waals surface area contributed by atoms with E-state index in [0.29, 0.717) is 0 Å². The number of thiophene rings is 1. The second-order valence-corrected chi connectivity index (χ2v) is 6.84. The molecule has 0 fully saturated rings. The molecule has 4 heteroatoms. The van der Waals surface area contributed by atoms with Crippen LogP contribution in [0.5, 0.6) is 0 Å². The standard InChI is InChI=1S/C13H20N2OS/c1-8-12(16)15-9-5-6-17-11(9)10(14-8)7-13(2,3)4/h5-6,8,10,14H,7H2,1-4H3,(H,15,16)/t8-,10?/m0/s1. The highest BCUT2D eigenvalue weighted by Gasteiger charge is 2.30. The van der Waals surface area contributed by atoms with Crippen LogP contribution in [0.2, 0.25) is 0 Å². The molecule has 1 aromatic rings. The topological polar surface area (TPSA) is 41.1 Å². The van der Waals surface area contributed by atoms with E-state index >= 15 is 0 Å². The minimum Gasteiger partial charge on any atom is -0.324 e. The fraction of sp³-hybridized carbons (Fsp3) is 0.615. The molecular weight excluding hydrogens is 232 g/mol. The van der Waals surface area contributed by atoms with Crippen LogP contribution in [0.25, 0.3) is 0 Å². The highest BCUT2D eigenvalue weighted by atomic mass is 32.1. The highest BCUT2D eigenvalue weighted by Crippen LogP contribution is 2.38. The van der Waals surface area contributed by atoms with Gasteiger partial charge in [-0.2, -0.15) is 0 Å². The summed E-state index contributed by atoms with van der Waals surface area (Å²) < 4.78 is 0. The van der Waals surface area contributed by atoms with Gasteiger partial charge in [0.25, 0.3) is 0 Å². The van der Waals surface area contributed by atoms with Crippen molar-refractivity contribution in [3.05, 3.63) is 16.3 Å². The maximum absolute atomic E-state index is 11.8. The third kappa shape index (κ3) is 2.87. The van der Waals surface area contributed by atoms with Crippen LogP contribution in [-0.2, 0) is 4.79 Å². The summed E-state index contributed by atoms with van der Waals surface area (Å²) in [5.74, 6) is 0.0565. The third-order valence-electron chi connectivity index (χ3n) is 2.93. The van der Waals surface area contributed by atoms with Crippen molar-refractivity contribution in [2.24, 2.45) is 5.41 Å². The van der Waals surface area contributed by atoms with Gasteiger partial charge in [-0.15, -0.1) is 11.3 Å². The number of hydrogen-bond donors (Lipinski definition) is 2. The van der Waals surface area contributed by atoms with E-state index in [0.717, 1.165) is 12.1 Å². The minimum atomic E-state index is -0.137. The summed E-state index contributed by atoms with van der Waals surface area (Å²) in [5, 5.41) is 8.44. The molecular formula is C13H20N2OS. The van der Waals surface area contributed by atoms with Crippen molar-refractivity contribution >= 4 is 22.9 Å². The molecule has 2 rings (SSSR count). The van der Waals surface area contributed by atoms with Crippen LogP contribution >= 0.6 is 11.3 Å². The summed E-state index contributed by atoms with van der Waals surface area (Å²) in [6.45, 7) is 8.61. The highest BCUT2D eigenvalue weighted by molar-refractivity contribution is 7.10. The first-order valence-corrected chi connectivity index (χ1v) is 6.89. The number of rotatable bonds is 1. The first-order chi connectivity index (χ1) is 7.87. The molecule has 1 aromatic heterocycles. The van der Waals surface area contributed by atoms with Crippen molar-refractivity contribution in [1.82, 2.24) is 5.32 Å². The Labute approximate surface area is 107 Å². The molecule has 0 aliphatic carbocycles. The van der Waals surface area contributed by atoms with Gasteiger partial charge in [0, 0.05) is 10.9 Å². The molecule has 0 radical (unpaired) electrons. The van der Waals surface area contributed by atoms with Crippen molar-refractivity contribution in [3.63, 3.8) is 0 Å². The predicted octanol–water partition coefficient (Wildman–Crippen LogP) is 3.16. The Kier molecular flexibility index (Phi) is 3.27. The number of anilines is 1. The van der Waals surface area contributed by atoms with E-state index in [-0.39, 0.29) is 23.4 Å². The van der Waals surface area contributed by atoms with Crippen LogP contribution < -0.4 is 10.6 Å². The fourth-order valence-corrected chi connectivity index (χ4v) is 3.06. The predicted molar refractivity (Wildman–Crippen MR) is 72.4 cm³/mol. The lowest BCUT2D eigenvalue weighted by atomic mass is 9.87. The summed E-state index contributed by atoms with van der Waals surface area (Å²) in [7, 11) is 0. The zero-order valence-corrected chi connectivity index (χ0v) is 11.6. The lowest BCUT2D eigenvalue weighted by Gasteiger charge is -2.26. The van der Waals surface area contributed by atoms with E-state index in [1.165, 1.54) is 4.88 Å². The monoisotopic (exact) mass is 252 g/mol. The van der Waals surface area contributed by atoms with Gasteiger partial charge < -0.3 is 5.32 Å². The van der Waals surface area contributed by atoms with Crippen LogP contribution in [0.1, 0.15) is 45.0 Å². The Balaban J connectivity index is 2.29. The maximum Gasteiger partial charge on any atom is 0.241 e. The molecule has 0 saturated heterocycles. The molecule has 0 spiro atoms. The Morgan fingerprint density at radius 1 is 1.41 bits per heavy atom. The summed E-state index contributed by atoms with van der Waals surface area (Å²) in [6.07, 6.45) is 1.03. The number of nitrogens with one attached hydrogen (secondary N) is 2. The summed E-state index contributed by atoms with van der Waals surface area (Å²) >= 11 is 1.71. The smallest absolute Gasteiger partial charge is 0.241 e. The van der Waals surface area contributed by atoms with Gasteiger partial charge in [0.15, 0.2) is 0 Å². The van der Waals surface area contributed by atoms with Gasteiger partial charge in [-0.3, -0.25) is 10.1 Å². The lowest BCUT2D eigenvalue weighted by Crippen LogP contribution is -2.38. The summed E-state index contributed by atoms with van der Waals surface area (Å²) in [6, 6.07) is 2.12. The van der Waals surface area contributed by atoms with E-state index in [9.17, 15) is 4.79 Å². The van der Waals surface area contributed by atoms with Crippen molar-refractivity contribution in [2.75, 3.05) is 5.32 Å². The maximum atomic E-state index is 11.8. The van der Waals surface area contributed by atoms with Crippen molar-refractivity contribution in [1.29, 1.82) is 0 Å². The van der Waals surface area contributed by atoms with Gasteiger partial charge in [0.2, 0.25) is 5.91 Å². The van der Waals surface area contributed by atoms with Crippen LogP contribution in [0, 0.1) is 5.41 Å². The largest absolute Gasteiger partial charge is 0.324 e. The Hall–Kier alpha value is -0.870. The van der Waals surface area contributed by atoms with Gasteiger partial charge in [0.1, 0.15) is 0 Å². The molecule has 0 bridgehead atoms. The Bertz CT molecular complexity index is 419. The first-order valence-electron chi connectivity index (χ1n) is 6.01. The molecule has 1 aliphatic heterocycles. The molecule has 2 N–H and O–H groups in total. The molecule has 1 amide bonds. The third-order valence-corrected chi connectivity index (χ3v) is 3.96. The van der Waals surface area contributed by atoms with Gasteiger partial charge in [-0.25, -0.2) is 0 Å². The molecule has 2 atom stereocenters. The second kappa shape index (κ2) is 4.42. The summed E-state index contributed by atoms with van der Waals surface area (Å²) in [5.41, 5.74) is 1.22. The van der Waals surface area contributed by atoms with E-state index in [2.05, 4.69) is 31.4 Å². The molecule has 3 nitrogen and oxygen atoms in total. The number of amides is 1. The van der Waals surface area contributed by atoms with Crippen LogP contribution in [-0.4, -0.2) is 11.9 Å². The Morgan fingerprint density at radius 2 is 2.12 bits per heavy atom. The first kappa shape index (κ1) is 12.6. The van der Waals surface area contributed by atoms with Gasteiger partial charge in [-0.05, 0) is 30.2 Å². The van der Waals surface area contributed by atoms with Crippen molar-refractivity contribution in [2.45, 2.75) is 46.2 Å². The van der Waals surface area contributed by atoms with Gasteiger partial charge in [0.05, 0.1) is 11.7 Å².